The molecule has 0 heterocycles. The van der Waals surface area contributed by atoms with Crippen molar-refractivity contribution in [3.8, 4) is 0 Å². The first-order valence-corrected chi connectivity index (χ1v) is 7.43. The molecule has 110 valence electrons. The van der Waals surface area contributed by atoms with Crippen LogP contribution in [-0.2, 0) is 12.6 Å². The Morgan fingerprint density at radius 3 is 2.57 bits per heavy atom. The second-order valence-corrected chi connectivity index (χ2v) is 6.03. The van der Waals surface area contributed by atoms with Gasteiger partial charge in [0.1, 0.15) is 0 Å². The second kappa shape index (κ2) is 5.37. The molecule has 1 N–H and O–H groups in total. The molecule has 2 aromatic carbocycles. The van der Waals surface area contributed by atoms with Crippen LogP contribution in [0.15, 0.2) is 46.9 Å². The minimum absolute atomic E-state index is 0.426. The van der Waals surface area contributed by atoms with E-state index in [1.54, 1.807) is 0 Å². The largest absolute Gasteiger partial charge is 0.416 e. The number of anilines is 1. The highest BCUT2D eigenvalue weighted by Crippen LogP contribution is 2.37. The van der Waals surface area contributed by atoms with Gasteiger partial charge < -0.3 is 5.32 Å². The van der Waals surface area contributed by atoms with Crippen molar-refractivity contribution in [3.05, 3.63) is 63.6 Å². The molecule has 0 radical (unpaired) electrons. The summed E-state index contributed by atoms with van der Waals surface area (Å²) in [6.45, 7) is 0.723. The smallest absolute Gasteiger partial charge is 0.384 e. The average molecular weight is 356 g/mol. The summed E-state index contributed by atoms with van der Waals surface area (Å²) >= 11 is 3.20. The van der Waals surface area contributed by atoms with Gasteiger partial charge >= 0.3 is 6.18 Å². The van der Waals surface area contributed by atoms with Crippen LogP contribution in [0.25, 0.3) is 0 Å². The molecule has 1 nitrogen and oxygen atoms in total. The summed E-state index contributed by atoms with van der Waals surface area (Å²) in [5.74, 6) is 0.426. The number of nitrogens with one attached hydrogen (secondary N) is 1. The van der Waals surface area contributed by atoms with Gasteiger partial charge in [-0.05, 0) is 51.7 Å². The van der Waals surface area contributed by atoms with Gasteiger partial charge in [0.25, 0.3) is 0 Å². The molecule has 3 rings (SSSR count). The van der Waals surface area contributed by atoms with Crippen LogP contribution in [0.2, 0.25) is 0 Å². The Bertz CT molecular complexity index is 667. The normalized spacial score (nSPS) is 17.0. The fourth-order valence-electron chi connectivity index (χ4n) is 2.61. The molecule has 0 amide bonds. The highest BCUT2D eigenvalue weighted by Gasteiger charge is 2.31. The Balaban J connectivity index is 1.67. The van der Waals surface area contributed by atoms with E-state index in [4.69, 9.17) is 0 Å². The van der Waals surface area contributed by atoms with Gasteiger partial charge in [0, 0.05) is 22.6 Å². The number of alkyl halides is 3. The van der Waals surface area contributed by atoms with Crippen molar-refractivity contribution in [2.75, 3.05) is 11.9 Å². The monoisotopic (exact) mass is 355 g/mol. The molecular weight excluding hydrogens is 343 g/mol. The molecule has 1 unspecified atom stereocenters. The van der Waals surface area contributed by atoms with Gasteiger partial charge in [0.15, 0.2) is 0 Å². The molecule has 0 fully saturated rings. The lowest BCUT2D eigenvalue weighted by Crippen LogP contribution is -2.24. The number of rotatable bonds is 3. The fraction of sp³-hybridized carbons (Fsp3) is 0.250. The molecule has 0 saturated heterocycles. The number of hydrogen-bond donors (Lipinski definition) is 1. The molecule has 0 bridgehead atoms. The Morgan fingerprint density at radius 1 is 1.14 bits per heavy atom. The van der Waals surface area contributed by atoms with Crippen LogP contribution in [0.1, 0.15) is 22.6 Å². The van der Waals surface area contributed by atoms with Crippen LogP contribution in [0.3, 0.4) is 0 Å². The lowest BCUT2D eigenvalue weighted by atomic mass is 9.77. The standard InChI is InChI=1S/C16H13BrF3N/c17-14-8-12(16(18,19)20)5-6-15(14)21-9-11-7-10-3-1-2-4-13(10)11/h1-6,8,11,21H,7,9H2. The number of halogens is 4. The lowest BCUT2D eigenvalue weighted by molar-refractivity contribution is -0.137. The van der Waals surface area contributed by atoms with E-state index in [0.29, 0.717) is 16.1 Å². The van der Waals surface area contributed by atoms with E-state index < -0.39 is 11.7 Å². The Hall–Kier alpha value is -1.49. The molecule has 0 spiro atoms. The third-order valence-corrected chi connectivity index (χ3v) is 4.45. The summed E-state index contributed by atoms with van der Waals surface area (Å²) in [6, 6.07) is 11.9. The highest BCUT2D eigenvalue weighted by molar-refractivity contribution is 9.10. The van der Waals surface area contributed by atoms with E-state index in [-0.39, 0.29) is 0 Å². The van der Waals surface area contributed by atoms with E-state index in [1.807, 2.05) is 12.1 Å². The van der Waals surface area contributed by atoms with Gasteiger partial charge in [-0.1, -0.05) is 24.3 Å². The summed E-state index contributed by atoms with van der Waals surface area (Å²) in [4.78, 5) is 0. The average Bonchev–Trinajstić information content (AvgIpc) is 2.40. The maximum atomic E-state index is 12.6. The summed E-state index contributed by atoms with van der Waals surface area (Å²) in [6.07, 6.45) is -3.30. The van der Waals surface area contributed by atoms with Crippen molar-refractivity contribution in [2.45, 2.75) is 18.5 Å². The Morgan fingerprint density at radius 2 is 1.90 bits per heavy atom. The SMILES string of the molecule is FC(F)(F)c1ccc(NCC2Cc3ccccc32)c(Br)c1. The van der Waals surface area contributed by atoms with Crippen LogP contribution in [0, 0.1) is 0 Å². The maximum absolute atomic E-state index is 12.6. The molecule has 0 aliphatic heterocycles. The quantitative estimate of drug-likeness (QED) is 0.795. The van der Waals surface area contributed by atoms with Crippen molar-refractivity contribution in [3.63, 3.8) is 0 Å². The van der Waals surface area contributed by atoms with E-state index in [1.165, 1.54) is 17.2 Å². The first kappa shape index (κ1) is 14.4. The molecule has 21 heavy (non-hydrogen) atoms. The zero-order valence-corrected chi connectivity index (χ0v) is 12.6. The zero-order valence-electron chi connectivity index (χ0n) is 11.0. The van der Waals surface area contributed by atoms with Gasteiger partial charge in [-0.15, -0.1) is 0 Å². The Kier molecular flexibility index (Phi) is 3.69. The van der Waals surface area contributed by atoms with E-state index in [9.17, 15) is 13.2 Å². The summed E-state index contributed by atoms with van der Waals surface area (Å²) < 4.78 is 38.2. The zero-order chi connectivity index (χ0) is 15.0. The minimum Gasteiger partial charge on any atom is -0.384 e. The first-order valence-electron chi connectivity index (χ1n) is 6.63. The molecule has 1 aliphatic rings. The minimum atomic E-state index is -4.31. The number of fused-ring (bicyclic) bond motifs is 1. The first-order chi connectivity index (χ1) is 9.95. The second-order valence-electron chi connectivity index (χ2n) is 5.17. The summed E-state index contributed by atoms with van der Waals surface area (Å²) in [5, 5.41) is 3.22. The fourth-order valence-corrected chi connectivity index (χ4v) is 3.13. The molecule has 1 aliphatic carbocycles. The van der Waals surface area contributed by atoms with Crippen molar-refractivity contribution >= 4 is 21.6 Å². The predicted molar refractivity (Wildman–Crippen MR) is 80.5 cm³/mol. The van der Waals surface area contributed by atoms with Crippen LogP contribution in [0.4, 0.5) is 18.9 Å². The van der Waals surface area contributed by atoms with Crippen molar-refractivity contribution in [2.24, 2.45) is 0 Å². The summed E-state index contributed by atoms with van der Waals surface area (Å²) in [7, 11) is 0. The number of benzene rings is 2. The van der Waals surface area contributed by atoms with Gasteiger partial charge in [0.05, 0.1) is 5.56 Å². The molecule has 0 aromatic heterocycles. The molecule has 5 heteroatoms. The topological polar surface area (TPSA) is 12.0 Å². The van der Waals surface area contributed by atoms with Crippen molar-refractivity contribution in [1.82, 2.24) is 0 Å². The molecular formula is C16H13BrF3N. The van der Waals surface area contributed by atoms with Crippen LogP contribution in [0.5, 0.6) is 0 Å². The van der Waals surface area contributed by atoms with Gasteiger partial charge in [-0.25, -0.2) is 0 Å². The number of hydrogen-bond acceptors (Lipinski definition) is 1. The van der Waals surface area contributed by atoms with E-state index in [0.717, 1.165) is 25.1 Å². The van der Waals surface area contributed by atoms with E-state index in [2.05, 4.69) is 33.4 Å². The van der Waals surface area contributed by atoms with Crippen LogP contribution in [-0.4, -0.2) is 6.54 Å². The predicted octanol–water partition coefficient (Wildman–Crippen LogP) is 5.22. The molecule has 1 atom stereocenters. The van der Waals surface area contributed by atoms with Crippen LogP contribution >= 0.6 is 15.9 Å². The van der Waals surface area contributed by atoms with Gasteiger partial charge in [0.2, 0.25) is 0 Å². The van der Waals surface area contributed by atoms with Crippen molar-refractivity contribution < 1.29 is 13.2 Å². The molecule has 2 aromatic rings. The van der Waals surface area contributed by atoms with Crippen LogP contribution < -0.4 is 5.32 Å². The van der Waals surface area contributed by atoms with Gasteiger partial charge in [-0.2, -0.15) is 13.2 Å². The molecule has 0 saturated carbocycles. The summed E-state index contributed by atoms with van der Waals surface area (Å²) in [5.41, 5.74) is 2.73. The van der Waals surface area contributed by atoms with Crippen molar-refractivity contribution in [1.29, 1.82) is 0 Å². The lowest BCUT2D eigenvalue weighted by Gasteiger charge is -2.30. The third kappa shape index (κ3) is 2.93. The third-order valence-electron chi connectivity index (χ3n) is 3.80. The Labute approximate surface area is 129 Å². The maximum Gasteiger partial charge on any atom is 0.416 e. The highest BCUT2D eigenvalue weighted by atomic mass is 79.9. The van der Waals surface area contributed by atoms with E-state index >= 15 is 0 Å². The van der Waals surface area contributed by atoms with Gasteiger partial charge in [-0.3, -0.25) is 0 Å².